The van der Waals surface area contributed by atoms with Gasteiger partial charge in [-0.2, -0.15) is 0 Å². The van der Waals surface area contributed by atoms with Gasteiger partial charge in [0.1, 0.15) is 0 Å². The van der Waals surface area contributed by atoms with Crippen molar-refractivity contribution in [3.8, 4) is 17.2 Å². The fraction of sp³-hybridized carbons (Fsp3) is 0. The SMILES string of the molecule is O=c1n(Oc2c(Br)cc(Br)cc2Br)c(=O)n(Oc2c(Br)cc(Br)cc2Br)c(=O)n1Oc1c(Br)cc(Br)cc1Br. The number of hydrogen-bond acceptors (Lipinski definition) is 6. The molecule has 0 atom stereocenters. The summed E-state index contributed by atoms with van der Waals surface area (Å²) in [4.78, 5) is 57.6. The van der Waals surface area contributed by atoms with E-state index in [4.69, 9.17) is 14.5 Å². The third-order valence-electron chi connectivity index (χ3n) is 4.48. The van der Waals surface area contributed by atoms with Crippen LogP contribution in [0, 0.1) is 0 Å². The van der Waals surface area contributed by atoms with Crippen LogP contribution >= 0.6 is 143 Å². The van der Waals surface area contributed by atoms with E-state index in [1.54, 1.807) is 36.4 Å². The van der Waals surface area contributed by atoms with Crippen molar-refractivity contribution in [1.82, 2.24) is 14.2 Å². The van der Waals surface area contributed by atoms with Crippen LogP contribution < -0.4 is 31.6 Å². The predicted molar refractivity (Wildman–Crippen MR) is 176 cm³/mol. The van der Waals surface area contributed by atoms with Crippen molar-refractivity contribution in [3.05, 3.63) is 108 Å². The Kier molecular flexibility index (Phi) is 10.6. The highest BCUT2D eigenvalue weighted by atomic mass is 79.9. The van der Waals surface area contributed by atoms with Crippen molar-refractivity contribution in [2.24, 2.45) is 0 Å². The van der Waals surface area contributed by atoms with Gasteiger partial charge in [0.2, 0.25) is 0 Å². The number of aromatic nitrogens is 3. The van der Waals surface area contributed by atoms with Crippen molar-refractivity contribution < 1.29 is 14.5 Å². The first-order valence-corrected chi connectivity index (χ1v) is 16.9. The summed E-state index contributed by atoms with van der Waals surface area (Å²) in [5.41, 5.74) is -3.74. The lowest BCUT2D eigenvalue weighted by atomic mass is 10.3. The average molecular weight is 1120 g/mol. The third-order valence-corrected chi connectivity index (χ3v) is 9.39. The molecule has 0 amide bonds. The first-order chi connectivity index (χ1) is 18.3. The molecule has 3 aromatic carbocycles. The summed E-state index contributed by atoms with van der Waals surface area (Å²) in [6.45, 7) is 0. The quantitative estimate of drug-likeness (QED) is 0.192. The van der Waals surface area contributed by atoms with Crippen LogP contribution in [0.3, 0.4) is 0 Å². The van der Waals surface area contributed by atoms with Crippen LogP contribution in [0.15, 0.2) is 91.0 Å². The lowest BCUT2D eigenvalue weighted by Gasteiger charge is -2.17. The van der Waals surface area contributed by atoms with E-state index in [9.17, 15) is 14.4 Å². The molecule has 0 saturated carbocycles. The Balaban J connectivity index is 1.98. The molecule has 0 spiro atoms. The molecule has 18 heteroatoms. The maximum Gasteiger partial charge on any atom is 0.404 e. The van der Waals surface area contributed by atoms with Gasteiger partial charge in [-0.15, -0.1) is 0 Å². The smallest absolute Gasteiger partial charge is 0.363 e. The summed E-state index contributed by atoms with van der Waals surface area (Å²) in [5, 5.41) is 0. The maximum atomic E-state index is 13.5. The second-order valence-electron chi connectivity index (χ2n) is 7.10. The molecule has 4 aromatic rings. The minimum Gasteiger partial charge on any atom is -0.363 e. The molecule has 9 nitrogen and oxygen atoms in total. The van der Waals surface area contributed by atoms with Crippen molar-refractivity contribution in [2.45, 2.75) is 0 Å². The molecule has 4 rings (SSSR count). The molecule has 0 unspecified atom stereocenters. The molecule has 0 aliphatic carbocycles. The normalized spacial score (nSPS) is 11.0. The zero-order valence-electron chi connectivity index (χ0n) is 18.2. The second-order valence-corrected chi connectivity index (χ2v) is 15.0. The Hall–Kier alpha value is -0.210. The number of halogens is 9. The summed E-state index contributed by atoms with van der Waals surface area (Å²) >= 11 is 30.1. The number of hydrogen-bond donors (Lipinski definition) is 0. The van der Waals surface area contributed by atoms with E-state index < -0.39 is 17.1 Å². The van der Waals surface area contributed by atoms with Gasteiger partial charge in [0, 0.05) is 13.4 Å². The molecular formula is C21H6Br9N3O6. The summed E-state index contributed by atoms with van der Waals surface area (Å²) in [7, 11) is 0. The summed E-state index contributed by atoms with van der Waals surface area (Å²) in [6.07, 6.45) is 0. The van der Waals surface area contributed by atoms with E-state index in [1.807, 2.05) is 0 Å². The first kappa shape index (κ1) is 31.7. The van der Waals surface area contributed by atoms with Crippen LogP contribution in [-0.4, -0.2) is 14.2 Å². The van der Waals surface area contributed by atoms with Crippen LogP contribution in [0.5, 0.6) is 17.2 Å². The molecule has 0 aliphatic rings. The molecule has 1 heterocycles. The fourth-order valence-corrected chi connectivity index (χ4v) is 10.1. The molecule has 204 valence electrons. The summed E-state index contributed by atoms with van der Waals surface area (Å²) < 4.78 is 5.34. The second kappa shape index (κ2) is 13.0. The van der Waals surface area contributed by atoms with E-state index in [1.165, 1.54) is 0 Å². The van der Waals surface area contributed by atoms with Crippen molar-refractivity contribution in [3.63, 3.8) is 0 Å². The first-order valence-electron chi connectivity index (χ1n) is 9.78. The highest BCUT2D eigenvalue weighted by Gasteiger charge is 2.25. The van der Waals surface area contributed by atoms with Crippen LogP contribution in [0.25, 0.3) is 0 Å². The highest BCUT2D eigenvalue weighted by molar-refractivity contribution is 9.12. The van der Waals surface area contributed by atoms with Crippen molar-refractivity contribution >= 4 is 143 Å². The Bertz CT molecular complexity index is 1510. The van der Waals surface area contributed by atoms with E-state index >= 15 is 0 Å². The van der Waals surface area contributed by atoms with Gasteiger partial charge in [0.25, 0.3) is 0 Å². The lowest BCUT2D eigenvalue weighted by molar-refractivity contribution is 0.0635. The summed E-state index contributed by atoms with van der Waals surface area (Å²) in [5.74, 6) is 0.184. The Morgan fingerprint density at radius 1 is 0.385 bits per heavy atom. The standard InChI is InChI=1S/C21H6Br9N3O6/c22-7-1-10(25)16(11(26)2-7)37-31-19(34)32(38-17-12(27)3-8(23)4-13(17)28)21(36)33(20(31)35)39-18-14(29)5-9(24)6-15(18)30/h1-6H. The molecule has 39 heavy (non-hydrogen) atoms. The van der Waals surface area contributed by atoms with Crippen LogP contribution in [-0.2, 0) is 0 Å². The van der Waals surface area contributed by atoms with Crippen molar-refractivity contribution in [2.75, 3.05) is 0 Å². The average Bonchev–Trinajstić information content (AvgIpc) is 2.81. The molecule has 0 saturated heterocycles. The zero-order valence-corrected chi connectivity index (χ0v) is 32.4. The van der Waals surface area contributed by atoms with Gasteiger partial charge in [-0.1, -0.05) is 62.0 Å². The third kappa shape index (κ3) is 6.89. The van der Waals surface area contributed by atoms with Crippen molar-refractivity contribution in [1.29, 1.82) is 0 Å². The van der Waals surface area contributed by atoms with Gasteiger partial charge in [0.05, 0.1) is 26.8 Å². The predicted octanol–water partition coefficient (Wildman–Crippen LogP) is 8.56. The minimum atomic E-state index is -1.25. The fourth-order valence-electron chi connectivity index (χ4n) is 2.85. The maximum absolute atomic E-state index is 13.5. The van der Waals surface area contributed by atoms with Crippen LogP contribution in [0.2, 0.25) is 0 Å². The van der Waals surface area contributed by atoms with Gasteiger partial charge in [-0.05, 0) is 132 Å². The monoisotopic (exact) mass is 1110 g/mol. The van der Waals surface area contributed by atoms with Gasteiger partial charge in [0.15, 0.2) is 17.2 Å². The van der Waals surface area contributed by atoms with E-state index in [2.05, 4.69) is 143 Å². The van der Waals surface area contributed by atoms with Crippen LogP contribution in [0.1, 0.15) is 0 Å². The largest absolute Gasteiger partial charge is 0.404 e. The van der Waals surface area contributed by atoms with E-state index in [0.717, 1.165) is 0 Å². The molecule has 0 aliphatic heterocycles. The van der Waals surface area contributed by atoms with E-state index in [0.29, 0.717) is 54.4 Å². The number of nitrogens with zero attached hydrogens (tertiary/aromatic N) is 3. The van der Waals surface area contributed by atoms with Crippen LogP contribution in [0.4, 0.5) is 0 Å². The molecule has 0 radical (unpaired) electrons. The van der Waals surface area contributed by atoms with Gasteiger partial charge >= 0.3 is 17.1 Å². The van der Waals surface area contributed by atoms with Gasteiger partial charge in [-0.3, -0.25) is 0 Å². The van der Waals surface area contributed by atoms with Gasteiger partial charge in [-0.25, -0.2) is 14.4 Å². The topological polar surface area (TPSA) is 93.7 Å². The number of benzene rings is 3. The van der Waals surface area contributed by atoms with Gasteiger partial charge < -0.3 is 14.5 Å². The molecule has 0 N–H and O–H groups in total. The number of rotatable bonds is 6. The molecule has 0 fully saturated rings. The Morgan fingerprint density at radius 2 is 0.564 bits per heavy atom. The Labute approximate surface area is 293 Å². The highest BCUT2D eigenvalue weighted by Crippen LogP contribution is 2.38. The van der Waals surface area contributed by atoms with E-state index in [-0.39, 0.29) is 17.2 Å². The zero-order chi connectivity index (χ0) is 28.8. The molecular weight excluding hydrogens is 1110 g/mol. The molecule has 1 aromatic heterocycles. The molecule has 0 bridgehead atoms. The summed E-state index contributed by atoms with van der Waals surface area (Å²) in [6, 6.07) is 9.83. The Morgan fingerprint density at radius 3 is 0.744 bits per heavy atom. The lowest BCUT2D eigenvalue weighted by Crippen LogP contribution is -2.58. The minimum absolute atomic E-state index is 0.0613.